The Morgan fingerprint density at radius 1 is 1.26 bits per heavy atom. The molecule has 1 saturated heterocycles. The number of rotatable bonds is 4. The number of aromatic nitrogens is 2. The first-order valence-corrected chi connectivity index (χ1v) is 10.1. The summed E-state index contributed by atoms with van der Waals surface area (Å²) in [6, 6.07) is 2.95. The second kappa shape index (κ2) is 9.03. The van der Waals surface area contributed by atoms with Gasteiger partial charge in [0.05, 0.1) is 18.9 Å². The third kappa shape index (κ3) is 4.40. The summed E-state index contributed by atoms with van der Waals surface area (Å²) >= 11 is 0. The van der Waals surface area contributed by atoms with Crippen molar-refractivity contribution in [1.82, 2.24) is 9.97 Å². The van der Waals surface area contributed by atoms with E-state index in [1.165, 1.54) is 19.2 Å². The Balaban J connectivity index is 1.66. The Hall–Kier alpha value is -2.98. The number of hydrogen-bond donors (Lipinski definition) is 1. The van der Waals surface area contributed by atoms with Crippen molar-refractivity contribution in [3.63, 3.8) is 0 Å². The van der Waals surface area contributed by atoms with Crippen LogP contribution in [-0.4, -0.2) is 62.8 Å². The minimum atomic E-state index is -0.719. The maximum absolute atomic E-state index is 14.4. The van der Waals surface area contributed by atoms with Crippen LogP contribution in [0.25, 0.3) is 0 Å². The summed E-state index contributed by atoms with van der Waals surface area (Å²) in [6.45, 7) is 4.02. The molecule has 0 amide bonds. The van der Waals surface area contributed by atoms with Crippen molar-refractivity contribution in [2.45, 2.75) is 25.8 Å². The van der Waals surface area contributed by atoms with Gasteiger partial charge in [0.2, 0.25) is 5.95 Å². The largest absolute Gasteiger partial charge is 0.465 e. The van der Waals surface area contributed by atoms with Crippen LogP contribution in [-0.2, 0) is 14.2 Å². The van der Waals surface area contributed by atoms with Gasteiger partial charge in [0.15, 0.2) is 5.82 Å². The van der Waals surface area contributed by atoms with Crippen LogP contribution in [0.3, 0.4) is 0 Å². The zero-order chi connectivity index (χ0) is 22.0. The first kappa shape index (κ1) is 21.3. The number of nitrogens with one attached hydrogen (secondary N) is 1. The van der Waals surface area contributed by atoms with E-state index < -0.39 is 11.8 Å². The molecule has 2 aromatic rings. The number of anilines is 4. The smallest absolute Gasteiger partial charge is 0.340 e. The van der Waals surface area contributed by atoms with E-state index in [9.17, 15) is 9.18 Å². The van der Waals surface area contributed by atoms with Gasteiger partial charge in [-0.15, -0.1) is 0 Å². The van der Waals surface area contributed by atoms with E-state index in [-0.39, 0.29) is 11.6 Å². The minimum absolute atomic E-state index is 0.113. The van der Waals surface area contributed by atoms with Crippen molar-refractivity contribution < 1.29 is 23.4 Å². The van der Waals surface area contributed by atoms with E-state index in [0.717, 1.165) is 24.3 Å². The quantitative estimate of drug-likeness (QED) is 0.734. The standard InChI is InChI=1S/C21H26FN5O4/c1-13-8-15(20(28)29-3)16(22)9-17(13)24-21-23-10-18-19(25-21)27(12-31-11-26(18)2)14-4-6-30-7-5-14/h8-10,14H,4-7,11-12H2,1-3H3,(H,23,24,25). The van der Waals surface area contributed by atoms with Crippen LogP contribution in [0.1, 0.15) is 28.8 Å². The highest BCUT2D eigenvalue weighted by Crippen LogP contribution is 2.33. The van der Waals surface area contributed by atoms with E-state index in [1.807, 2.05) is 11.9 Å². The predicted molar refractivity (Wildman–Crippen MR) is 113 cm³/mol. The predicted octanol–water partition coefficient (Wildman–Crippen LogP) is 2.82. The molecule has 0 spiro atoms. The monoisotopic (exact) mass is 431 g/mol. The number of nitrogens with zero attached hydrogens (tertiary/aromatic N) is 4. The molecule has 0 unspecified atom stereocenters. The molecule has 31 heavy (non-hydrogen) atoms. The average molecular weight is 431 g/mol. The number of aryl methyl sites for hydroxylation is 1. The van der Waals surface area contributed by atoms with Crippen LogP contribution in [0.15, 0.2) is 18.3 Å². The summed E-state index contributed by atoms with van der Waals surface area (Å²) in [5.74, 6) is -0.302. The molecule has 0 atom stereocenters. The van der Waals surface area contributed by atoms with E-state index in [1.54, 1.807) is 13.1 Å². The van der Waals surface area contributed by atoms with Crippen LogP contribution in [0.2, 0.25) is 0 Å². The molecule has 0 aliphatic carbocycles. The van der Waals surface area contributed by atoms with Gasteiger partial charge in [-0.3, -0.25) is 0 Å². The fourth-order valence-corrected chi connectivity index (χ4v) is 3.79. The second-order valence-corrected chi connectivity index (χ2v) is 7.64. The van der Waals surface area contributed by atoms with Crippen LogP contribution in [0, 0.1) is 12.7 Å². The molecule has 166 valence electrons. The third-order valence-corrected chi connectivity index (χ3v) is 5.55. The fraction of sp³-hybridized carbons (Fsp3) is 0.476. The van der Waals surface area contributed by atoms with Crippen molar-refractivity contribution >= 4 is 29.1 Å². The van der Waals surface area contributed by atoms with Gasteiger partial charge in [-0.2, -0.15) is 4.98 Å². The number of carbonyl (C=O) groups excluding carboxylic acids is 1. The molecule has 9 nitrogen and oxygen atoms in total. The van der Waals surface area contributed by atoms with E-state index in [2.05, 4.69) is 19.9 Å². The lowest BCUT2D eigenvalue weighted by molar-refractivity contribution is 0.0595. The van der Waals surface area contributed by atoms with Gasteiger partial charge < -0.3 is 29.3 Å². The number of fused-ring (bicyclic) bond motifs is 1. The highest BCUT2D eigenvalue weighted by Gasteiger charge is 2.29. The summed E-state index contributed by atoms with van der Waals surface area (Å²) in [4.78, 5) is 25.0. The molecule has 4 rings (SSSR count). The molecule has 1 aromatic carbocycles. The molecular weight excluding hydrogens is 405 g/mol. The summed E-state index contributed by atoms with van der Waals surface area (Å²) < 4.78 is 30.4. The lowest BCUT2D eigenvalue weighted by atomic mass is 10.1. The summed E-state index contributed by atoms with van der Waals surface area (Å²) in [6.07, 6.45) is 3.51. The van der Waals surface area contributed by atoms with E-state index in [4.69, 9.17) is 14.5 Å². The van der Waals surface area contributed by atoms with E-state index in [0.29, 0.717) is 43.9 Å². The Morgan fingerprint density at radius 2 is 2.03 bits per heavy atom. The maximum Gasteiger partial charge on any atom is 0.340 e. The maximum atomic E-state index is 14.4. The average Bonchev–Trinajstić information content (AvgIpc) is 2.94. The van der Waals surface area contributed by atoms with Crippen LogP contribution in [0.5, 0.6) is 0 Å². The van der Waals surface area contributed by atoms with Gasteiger partial charge >= 0.3 is 5.97 Å². The Bertz CT molecular complexity index is 967. The summed E-state index contributed by atoms with van der Waals surface area (Å²) in [5.41, 5.74) is 1.89. The molecule has 0 bridgehead atoms. The number of ether oxygens (including phenoxy) is 3. The lowest BCUT2D eigenvalue weighted by Crippen LogP contribution is -2.41. The van der Waals surface area contributed by atoms with Crippen LogP contribution in [0.4, 0.5) is 27.5 Å². The summed E-state index contributed by atoms with van der Waals surface area (Å²) in [5, 5.41) is 3.08. The molecule has 1 fully saturated rings. The first-order valence-electron chi connectivity index (χ1n) is 10.1. The topological polar surface area (TPSA) is 89.0 Å². The normalized spacial score (nSPS) is 17.2. The molecule has 1 aromatic heterocycles. The van der Waals surface area contributed by atoms with Crippen molar-refractivity contribution in [1.29, 1.82) is 0 Å². The number of methoxy groups -OCH3 is 1. The Labute approximate surface area is 180 Å². The molecule has 2 aliphatic rings. The van der Waals surface area contributed by atoms with Crippen molar-refractivity contribution in [2.24, 2.45) is 0 Å². The zero-order valence-corrected chi connectivity index (χ0v) is 17.9. The molecule has 0 saturated carbocycles. The molecule has 0 radical (unpaired) electrons. The molecule has 1 N–H and O–H groups in total. The first-order chi connectivity index (χ1) is 15.0. The lowest BCUT2D eigenvalue weighted by Gasteiger charge is -2.34. The molecule has 2 aliphatic heterocycles. The van der Waals surface area contributed by atoms with Crippen molar-refractivity contribution in [2.75, 3.05) is 55.9 Å². The number of carbonyl (C=O) groups is 1. The van der Waals surface area contributed by atoms with Gasteiger partial charge in [0, 0.05) is 32.0 Å². The minimum Gasteiger partial charge on any atom is -0.465 e. The zero-order valence-electron chi connectivity index (χ0n) is 17.9. The Morgan fingerprint density at radius 3 is 2.77 bits per heavy atom. The molecular formula is C21H26FN5O4. The highest BCUT2D eigenvalue weighted by molar-refractivity contribution is 5.90. The Kier molecular flexibility index (Phi) is 6.19. The number of benzene rings is 1. The number of hydrogen-bond acceptors (Lipinski definition) is 9. The summed E-state index contributed by atoms with van der Waals surface area (Å²) in [7, 11) is 3.14. The number of esters is 1. The van der Waals surface area contributed by atoms with Gasteiger partial charge in [-0.25, -0.2) is 14.2 Å². The second-order valence-electron chi connectivity index (χ2n) is 7.64. The van der Waals surface area contributed by atoms with Gasteiger partial charge in [0.25, 0.3) is 0 Å². The van der Waals surface area contributed by atoms with Crippen LogP contribution < -0.4 is 15.1 Å². The third-order valence-electron chi connectivity index (χ3n) is 5.55. The molecule has 10 heteroatoms. The van der Waals surface area contributed by atoms with E-state index >= 15 is 0 Å². The van der Waals surface area contributed by atoms with Gasteiger partial charge in [-0.05, 0) is 37.5 Å². The molecule has 3 heterocycles. The van der Waals surface area contributed by atoms with Crippen LogP contribution >= 0.6 is 0 Å². The SMILES string of the molecule is COC(=O)c1cc(C)c(Nc2ncc3c(n2)N(C2CCOCC2)COCN3C)cc1F. The van der Waals surface area contributed by atoms with Crippen molar-refractivity contribution in [3.8, 4) is 0 Å². The van der Waals surface area contributed by atoms with Gasteiger partial charge in [0.1, 0.15) is 25.0 Å². The van der Waals surface area contributed by atoms with Crippen molar-refractivity contribution in [3.05, 3.63) is 35.3 Å². The van der Waals surface area contributed by atoms with Gasteiger partial charge in [-0.1, -0.05) is 0 Å². The number of halogens is 1. The highest BCUT2D eigenvalue weighted by atomic mass is 19.1. The fourth-order valence-electron chi connectivity index (χ4n) is 3.79.